The van der Waals surface area contributed by atoms with E-state index in [4.69, 9.17) is 5.11 Å². The van der Waals surface area contributed by atoms with E-state index in [1.807, 2.05) is 0 Å². The average Bonchev–Trinajstić information content (AvgIpc) is 2.37. The lowest BCUT2D eigenvalue weighted by Gasteiger charge is -2.29. The molecule has 6 nitrogen and oxygen atoms in total. The van der Waals surface area contributed by atoms with Crippen molar-refractivity contribution in [1.82, 2.24) is 4.90 Å². The third-order valence-corrected chi connectivity index (χ3v) is 6.01. The van der Waals surface area contributed by atoms with E-state index in [2.05, 4.69) is 0 Å². The van der Waals surface area contributed by atoms with Crippen LogP contribution in [0.25, 0.3) is 0 Å². The molecule has 1 aliphatic heterocycles. The van der Waals surface area contributed by atoms with E-state index in [0.29, 0.717) is 13.1 Å². The van der Waals surface area contributed by atoms with Crippen LogP contribution in [0.3, 0.4) is 0 Å². The zero-order valence-electron chi connectivity index (χ0n) is 11.3. The normalized spacial score (nSPS) is 19.8. The van der Waals surface area contributed by atoms with Gasteiger partial charge in [-0.1, -0.05) is 0 Å². The summed E-state index contributed by atoms with van der Waals surface area (Å²) in [5.41, 5.74) is 0. The predicted molar refractivity (Wildman–Crippen MR) is 70.5 cm³/mol. The van der Waals surface area contributed by atoms with Crippen LogP contribution in [0.5, 0.6) is 0 Å². The standard InChI is InChI=1S/C12H21NO5S/c1-9(8-11(14)15)19(17,18)10(2)12(16)13-6-4-3-5-7-13/h9-10H,3-8H2,1-2H3,(H,14,15). The van der Waals surface area contributed by atoms with Crippen LogP contribution in [-0.2, 0) is 19.4 Å². The predicted octanol–water partition coefficient (Wildman–Crippen LogP) is 0.665. The summed E-state index contributed by atoms with van der Waals surface area (Å²) in [7, 11) is -3.75. The van der Waals surface area contributed by atoms with E-state index in [1.165, 1.54) is 13.8 Å². The Balaban J connectivity index is 2.76. The van der Waals surface area contributed by atoms with Crippen molar-refractivity contribution in [3.63, 3.8) is 0 Å². The van der Waals surface area contributed by atoms with Gasteiger partial charge in [0, 0.05) is 13.1 Å². The Bertz CT molecular complexity index is 439. The first kappa shape index (κ1) is 15.9. The van der Waals surface area contributed by atoms with Crippen LogP contribution in [0, 0.1) is 0 Å². The molecule has 2 atom stereocenters. The second-order valence-corrected chi connectivity index (χ2v) is 7.72. The molecular formula is C12H21NO5S. The number of carbonyl (C=O) groups is 2. The van der Waals surface area contributed by atoms with Gasteiger partial charge in [0.25, 0.3) is 0 Å². The molecule has 0 aromatic rings. The van der Waals surface area contributed by atoms with Gasteiger partial charge in [-0.25, -0.2) is 8.42 Å². The van der Waals surface area contributed by atoms with Crippen molar-refractivity contribution in [2.24, 2.45) is 0 Å². The summed E-state index contributed by atoms with van der Waals surface area (Å²) >= 11 is 0. The Morgan fingerprint density at radius 1 is 1.16 bits per heavy atom. The number of aliphatic carboxylic acids is 1. The summed E-state index contributed by atoms with van der Waals surface area (Å²) in [5, 5.41) is 6.44. The van der Waals surface area contributed by atoms with Gasteiger partial charge in [0.2, 0.25) is 5.91 Å². The zero-order chi connectivity index (χ0) is 14.6. The molecule has 1 saturated heterocycles. The second-order valence-electron chi connectivity index (χ2n) is 5.03. The Morgan fingerprint density at radius 2 is 1.68 bits per heavy atom. The summed E-state index contributed by atoms with van der Waals surface area (Å²) in [4.78, 5) is 24.3. The molecule has 1 fully saturated rings. The first-order chi connectivity index (χ1) is 8.76. The molecule has 1 heterocycles. The number of sulfone groups is 1. The van der Waals surface area contributed by atoms with Crippen molar-refractivity contribution in [2.75, 3.05) is 13.1 Å². The number of nitrogens with zero attached hydrogens (tertiary/aromatic N) is 1. The average molecular weight is 291 g/mol. The topological polar surface area (TPSA) is 91.7 Å². The maximum Gasteiger partial charge on any atom is 0.304 e. The van der Waals surface area contributed by atoms with Gasteiger partial charge < -0.3 is 10.0 Å². The molecule has 1 aliphatic rings. The number of carboxylic acids is 1. The fourth-order valence-electron chi connectivity index (χ4n) is 2.22. The lowest BCUT2D eigenvalue weighted by Crippen LogP contribution is -2.46. The highest BCUT2D eigenvalue weighted by Crippen LogP contribution is 2.17. The van der Waals surface area contributed by atoms with Crippen molar-refractivity contribution in [1.29, 1.82) is 0 Å². The van der Waals surface area contributed by atoms with Gasteiger partial charge in [0.05, 0.1) is 11.7 Å². The van der Waals surface area contributed by atoms with Gasteiger partial charge in [0.1, 0.15) is 5.25 Å². The number of carbonyl (C=O) groups excluding carboxylic acids is 1. The van der Waals surface area contributed by atoms with Gasteiger partial charge in [0.15, 0.2) is 9.84 Å². The molecule has 0 saturated carbocycles. The number of hydrogen-bond donors (Lipinski definition) is 1. The Hall–Kier alpha value is -1.11. The molecule has 1 N–H and O–H groups in total. The van der Waals surface area contributed by atoms with Crippen molar-refractivity contribution in [3.8, 4) is 0 Å². The first-order valence-corrected chi connectivity index (χ1v) is 8.11. The largest absolute Gasteiger partial charge is 0.481 e. The number of piperidine rings is 1. The fourth-order valence-corrected chi connectivity index (χ4v) is 3.72. The Labute approximate surface area is 113 Å². The van der Waals surface area contributed by atoms with Crippen molar-refractivity contribution >= 4 is 21.7 Å². The van der Waals surface area contributed by atoms with Crippen LogP contribution >= 0.6 is 0 Å². The van der Waals surface area contributed by atoms with Crippen LogP contribution in [0.15, 0.2) is 0 Å². The summed E-state index contributed by atoms with van der Waals surface area (Å²) in [6.07, 6.45) is 2.37. The van der Waals surface area contributed by atoms with E-state index >= 15 is 0 Å². The van der Waals surface area contributed by atoms with E-state index in [0.717, 1.165) is 19.3 Å². The number of hydrogen-bond acceptors (Lipinski definition) is 4. The second kappa shape index (κ2) is 6.36. The smallest absolute Gasteiger partial charge is 0.304 e. The van der Waals surface area contributed by atoms with E-state index in [1.54, 1.807) is 4.90 Å². The monoisotopic (exact) mass is 291 g/mol. The molecule has 110 valence electrons. The van der Waals surface area contributed by atoms with Crippen LogP contribution in [-0.4, -0.2) is 53.9 Å². The fraction of sp³-hybridized carbons (Fsp3) is 0.833. The van der Waals surface area contributed by atoms with E-state index in [9.17, 15) is 18.0 Å². The van der Waals surface area contributed by atoms with E-state index < -0.39 is 38.6 Å². The number of rotatable bonds is 5. The quantitative estimate of drug-likeness (QED) is 0.803. The van der Waals surface area contributed by atoms with Crippen LogP contribution < -0.4 is 0 Å². The first-order valence-electron chi connectivity index (χ1n) is 6.50. The third kappa shape index (κ3) is 3.92. The highest BCUT2D eigenvalue weighted by molar-refractivity contribution is 7.93. The minimum atomic E-state index is -3.75. The number of likely N-dealkylation sites (tertiary alicyclic amines) is 1. The maximum absolute atomic E-state index is 12.1. The number of amides is 1. The minimum Gasteiger partial charge on any atom is -0.481 e. The van der Waals surface area contributed by atoms with Crippen molar-refractivity contribution < 1.29 is 23.1 Å². The summed E-state index contributed by atoms with van der Waals surface area (Å²) in [6.45, 7) is 3.87. The van der Waals surface area contributed by atoms with Crippen molar-refractivity contribution in [2.45, 2.75) is 50.0 Å². The molecule has 0 radical (unpaired) electrons. The minimum absolute atomic E-state index is 0.406. The lowest BCUT2D eigenvalue weighted by atomic mass is 10.1. The molecule has 0 bridgehead atoms. The van der Waals surface area contributed by atoms with Crippen molar-refractivity contribution in [3.05, 3.63) is 0 Å². The molecule has 1 amide bonds. The highest BCUT2D eigenvalue weighted by Gasteiger charge is 2.36. The van der Waals surface area contributed by atoms with Gasteiger partial charge in [-0.15, -0.1) is 0 Å². The molecule has 1 rings (SSSR count). The Morgan fingerprint density at radius 3 is 2.16 bits per heavy atom. The van der Waals surface area contributed by atoms with E-state index in [-0.39, 0.29) is 0 Å². The maximum atomic E-state index is 12.1. The highest BCUT2D eigenvalue weighted by atomic mass is 32.2. The summed E-state index contributed by atoms with van der Waals surface area (Å²) in [6, 6.07) is 0. The molecular weight excluding hydrogens is 270 g/mol. The van der Waals surface area contributed by atoms with Gasteiger partial charge >= 0.3 is 5.97 Å². The van der Waals surface area contributed by atoms with Gasteiger partial charge in [-0.2, -0.15) is 0 Å². The summed E-state index contributed by atoms with van der Waals surface area (Å²) < 4.78 is 24.3. The van der Waals surface area contributed by atoms with Gasteiger partial charge in [-0.3, -0.25) is 9.59 Å². The molecule has 0 spiro atoms. The molecule has 2 unspecified atom stereocenters. The third-order valence-electron chi connectivity index (χ3n) is 3.53. The lowest BCUT2D eigenvalue weighted by molar-refractivity contribution is -0.137. The summed E-state index contributed by atoms with van der Waals surface area (Å²) in [5.74, 6) is -1.58. The van der Waals surface area contributed by atoms with Crippen LogP contribution in [0.4, 0.5) is 0 Å². The molecule has 7 heteroatoms. The molecule has 19 heavy (non-hydrogen) atoms. The molecule has 0 aliphatic carbocycles. The van der Waals surface area contributed by atoms with Crippen LogP contribution in [0.2, 0.25) is 0 Å². The molecule has 0 aromatic carbocycles. The Kier molecular flexibility index (Phi) is 5.34. The molecule has 0 aromatic heterocycles. The van der Waals surface area contributed by atoms with Gasteiger partial charge in [-0.05, 0) is 33.1 Å². The number of carboxylic acid groups (broad SMARTS) is 1. The zero-order valence-corrected chi connectivity index (χ0v) is 12.1. The SMILES string of the molecule is CC(CC(=O)O)S(=O)(=O)C(C)C(=O)N1CCCCC1. The van der Waals surface area contributed by atoms with Crippen LogP contribution in [0.1, 0.15) is 39.5 Å².